The molecule has 0 radical (unpaired) electrons. The van der Waals surface area contributed by atoms with Gasteiger partial charge < -0.3 is 4.74 Å². The zero-order valence-corrected chi connectivity index (χ0v) is 12.1. The molecule has 82 valence electrons. The normalized spacial score (nSPS) is 17.6. The lowest BCUT2D eigenvalue weighted by molar-refractivity contribution is 0.408. The molecule has 2 rings (SSSR count). The third-order valence-electron chi connectivity index (χ3n) is 2.84. The Morgan fingerprint density at radius 3 is 2.60 bits per heavy atom. The molecule has 0 bridgehead atoms. The maximum atomic E-state index is 5.43. The number of hydrogen-bond acceptors (Lipinski definition) is 1. The van der Waals surface area contributed by atoms with Gasteiger partial charge in [-0.3, -0.25) is 0 Å². The first-order chi connectivity index (χ1) is 7.13. The van der Waals surface area contributed by atoms with Gasteiger partial charge in [0.05, 0.1) is 7.11 Å². The highest BCUT2D eigenvalue weighted by Gasteiger charge is 2.32. The van der Waals surface area contributed by atoms with Gasteiger partial charge in [0.25, 0.3) is 0 Å². The van der Waals surface area contributed by atoms with Gasteiger partial charge in [-0.15, -0.1) is 0 Å². The molecule has 3 heteroatoms. The van der Waals surface area contributed by atoms with Gasteiger partial charge in [0.1, 0.15) is 5.75 Å². The summed E-state index contributed by atoms with van der Waals surface area (Å²) in [5.41, 5.74) is 2.48. The Morgan fingerprint density at radius 2 is 2.07 bits per heavy atom. The van der Waals surface area contributed by atoms with Gasteiger partial charge in [-0.25, -0.2) is 0 Å². The molecule has 1 aliphatic rings. The molecule has 0 aliphatic heterocycles. The maximum Gasteiger partial charge on any atom is 0.123 e. The maximum absolute atomic E-state index is 5.43. The van der Waals surface area contributed by atoms with Gasteiger partial charge >= 0.3 is 0 Å². The Morgan fingerprint density at radius 1 is 1.40 bits per heavy atom. The fraction of sp³-hybridized carbons (Fsp3) is 0.500. The van der Waals surface area contributed by atoms with Gasteiger partial charge in [0, 0.05) is 14.9 Å². The van der Waals surface area contributed by atoms with Crippen molar-refractivity contribution in [2.24, 2.45) is 5.92 Å². The number of aryl methyl sites for hydroxylation is 1. The van der Waals surface area contributed by atoms with E-state index in [-0.39, 0.29) is 0 Å². The van der Waals surface area contributed by atoms with Crippen LogP contribution < -0.4 is 4.74 Å². The van der Waals surface area contributed by atoms with E-state index in [2.05, 4.69) is 50.9 Å². The van der Waals surface area contributed by atoms with Crippen molar-refractivity contribution in [3.63, 3.8) is 0 Å². The summed E-state index contributed by atoms with van der Waals surface area (Å²) in [5, 5.41) is 0. The average Bonchev–Trinajstić information content (AvgIpc) is 3.04. The number of ether oxygens (including phenoxy) is 1. The lowest BCUT2D eigenvalue weighted by atomic mass is 10.1. The van der Waals surface area contributed by atoms with Crippen LogP contribution in [0.2, 0.25) is 0 Å². The summed E-state index contributed by atoms with van der Waals surface area (Å²) in [6.45, 7) is 2.08. The Hall–Kier alpha value is -0.0200. The Kier molecular flexibility index (Phi) is 3.41. The van der Waals surface area contributed by atoms with Crippen LogP contribution in [0.1, 0.15) is 28.8 Å². The highest BCUT2D eigenvalue weighted by Crippen LogP contribution is 2.49. The van der Waals surface area contributed by atoms with Gasteiger partial charge in [0.15, 0.2) is 0 Å². The van der Waals surface area contributed by atoms with E-state index in [0.29, 0.717) is 4.83 Å². The molecular weight excluding hydrogens is 320 g/mol. The minimum Gasteiger partial charge on any atom is -0.496 e. The number of benzene rings is 1. The zero-order chi connectivity index (χ0) is 11.0. The molecule has 0 saturated heterocycles. The lowest BCUT2D eigenvalue weighted by Gasteiger charge is -2.15. The Labute approximate surface area is 107 Å². The summed E-state index contributed by atoms with van der Waals surface area (Å²) in [7, 11) is 1.73. The van der Waals surface area contributed by atoms with Crippen LogP contribution in [0.3, 0.4) is 0 Å². The average molecular weight is 334 g/mol. The SMILES string of the molecule is COc1cc(C)c(Br)cc1C(Br)C1CC1. The zero-order valence-electron chi connectivity index (χ0n) is 8.89. The molecule has 1 aromatic carbocycles. The quantitative estimate of drug-likeness (QED) is 0.734. The van der Waals surface area contributed by atoms with Crippen molar-refractivity contribution >= 4 is 31.9 Å². The van der Waals surface area contributed by atoms with E-state index in [0.717, 1.165) is 16.1 Å². The molecule has 0 amide bonds. The molecule has 1 aliphatic carbocycles. The summed E-state index contributed by atoms with van der Waals surface area (Å²) in [5.74, 6) is 1.78. The summed E-state index contributed by atoms with van der Waals surface area (Å²) in [6.07, 6.45) is 2.65. The number of rotatable bonds is 3. The first-order valence-corrected chi connectivity index (χ1v) is 6.82. The highest BCUT2D eigenvalue weighted by molar-refractivity contribution is 9.10. The van der Waals surface area contributed by atoms with E-state index in [1.165, 1.54) is 24.0 Å². The second-order valence-corrected chi connectivity index (χ2v) is 5.92. The summed E-state index contributed by atoms with van der Waals surface area (Å²) < 4.78 is 6.59. The molecule has 0 spiro atoms. The molecule has 1 saturated carbocycles. The summed E-state index contributed by atoms with van der Waals surface area (Å²) in [6, 6.07) is 4.27. The van der Waals surface area contributed by atoms with E-state index in [1.807, 2.05) is 0 Å². The molecule has 1 fully saturated rings. The van der Waals surface area contributed by atoms with E-state index in [1.54, 1.807) is 7.11 Å². The van der Waals surface area contributed by atoms with Crippen molar-refractivity contribution in [3.8, 4) is 5.75 Å². The Balaban J connectivity index is 2.39. The first kappa shape index (κ1) is 11.5. The van der Waals surface area contributed by atoms with E-state index < -0.39 is 0 Å². The largest absolute Gasteiger partial charge is 0.496 e. The second-order valence-electron chi connectivity index (χ2n) is 4.08. The highest BCUT2D eigenvalue weighted by atomic mass is 79.9. The van der Waals surface area contributed by atoms with Crippen LogP contribution in [-0.2, 0) is 0 Å². The smallest absolute Gasteiger partial charge is 0.123 e. The summed E-state index contributed by atoms with van der Waals surface area (Å²) in [4.78, 5) is 0.435. The van der Waals surface area contributed by atoms with Gasteiger partial charge in [-0.05, 0) is 43.4 Å². The predicted octanol–water partition coefficient (Wildman–Crippen LogP) is 4.61. The molecule has 15 heavy (non-hydrogen) atoms. The van der Waals surface area contributed by atoms with Crippen LogP contribution in [0.4, 0.5) is 0 Å². The second kappa shape index (κ2) is 4.46. The minimum absolute atomic E-state index is 0.435. The lowest BCUT2D eigenvalue weighted by Crippen LogP contribution is -1.98. The van der Waals surface area contributed by atoms with Crippen LogP contribution in [0, 0.1) is 12.8 Å². The monoisotopic (exact) mass is 332 g/mol. The van der Waals surface area contributed by atoms with Crippen molar-refractivity contribution in [1.29, 1.82) is 0 Å². The minimum atomic E-state index is 0.435. The molecule has 1 nitrogen and oxygen atoms in total. The summed E-state index contributed by atoms with van der Waals surface area (Å²) >= 11 is 7.33. The molecule has 1 aromatic rings. The third kappa shape index (κ3) is 2.39. The predicted molar refractivity (Wildman–Crippen MR) is 69.8 cm³/mol. The fourth-order valence-corrected chi connectivity index (χ4v) is 2.95. The first-order valence-electron chi connectivity index (χ1n) is 5.11. The third-order valence-corrected chi connectivity index (χ3v) is 4.94. The van der Waals surface area contributed by atoms with Crippen molar-refractivity contribution in [1.82, 2.24) is 0 Å². The number of alkyl halides is 1. The Bertz CT molecular complexity index is 372. The van der Waals surface area contributed by atoms with Crippen molar-refractivity contribution in [3.05, 3.63) is 27.7 Å². The molecule has 0 N–H and O–H groups in total. The van der Waals surface area contributed by atoms with Crippen LogP contribution >= 0.6 is 31.9 Å². The topological polar surface area (TPSA) is 9.23 Å². The number of methoxy groups -OCH3 is 1. The van der Waals surface area contributed by atoms with Gasteiger partial charge in [-0.1, -0.05) is 31.9 Å². The van der Waals surface area contributed by atoms with Gasteiger partial charge in [-0.2, -0.15) is 0 Å². The number of hydrogen-bond donors (Lipinski definition) is 0. The molecule has 0 heterocycles. The standard InChI is InChI=1S/C12H14Br2O/c1-7-5-11(15-2)9(6-10(7)13)12(14)8-3-4-8/h5-6,8,12H,3-4H2,1-2H3. The molecular formula is C12H14Br2O. The van der Waals surface area contributed by atoms with E-state index in [4.69, 9.17) is 4.74 Å². The van der Waals surface area contributed by atoms with Crippen LogP contribution in [0.5, 0.6) is 5.75 Å². The molecule has 1 unspecified atom stereocenters. The van der Waals surface area contributed by atoms with Gasteiger partial charge in [0.2, 0.25) is 0 Å². The molecule has 1 atom stereocenters. The van der Waals surface area contributed by atoms with E-state index >= 15 is 0 Å². The number of halogens is 2. The molecule has 0 aromatic heterocycles. The van der Waals surface area contributed by atoms with Crippen molar-refractivity contribution < 1.29 is 4.74 Å². The van der Waals surface area contributed by atoms with Crippen molar-refractivity contribution in [2.75, 3.05) is 7.11 Å². The van der Waals surface area contributed by atoms with Crippen LogP contribution in [0.25, 0.3) is 0 Å². The van der Waals surface area contributed by atoms with Crippen LogP contribution in [0.15, 0.2) is 16.6 Å². The van der Waals surface area contributed by atoms with Crippen LogP contribution in [-0.4, -0.2) is 7.11 Å². The van der Waals surface area contributed by atoms with E-state index in [9.17, 15) is 0 Å². The fourth-order valence-electron chi connectivity index (χ4n) is 1.71. The van der Waals surface area contributed by atoms with Crippen molar-refractivity contribution in [2.45, 2.75) is 24.6 Å².